The Morgan fingerprint density at radius 2 is 2.00 bits per heavy atom. The van der Waals surface area contributed by atoms with Gasteiger partial charge in [0.1, 0.15) is 11.5 Å². The van der Waals surface area contributed by atoms with Crippen LogP contribution in [0, 0.1) is 5.82 Å². The third kappa shape index (κ3) is 4.49. The number of pyridine rings is 1. The molecule has 0 amide bonds. The van der Waals surface area contributed by atoms with Crippen molar-refractivity contribution in [2.24, 2.45) is 10.9 Å². The third-order valence-corrected chi connectivity index (χ3v) is 3.40. The van der Waals surface area contributed by atoms with Crippen LogP contribution in [0.5, 0.6) is 5.88 Å². The van der Waals surface area contributed by atoms with Gasteiger partial charge in [0, 0.05) is 5.56 Å². The number of amidine groups is 1. The van der Waals surface area contributed by atoms with Crippen LogP contribution < -0.4 is 10.5 Å². The number of hydrogen-bond acceptors (Lipinski definition) is 5. The molecule has 2 rings (SSSR count). The molecule has 0 bridgehead atoms. The molecular weight excluding hydrogens is 369 g/mol. The number of hydrogen-bond donors (Lipinski definition) is 1. The summed E-state index contributed by atoms with van der Waals surface area (Å²) < 4.78 is 18.5. The predicted molar refractivity (Wildman–Crippen MR) is 85.9 cm³/mol. The molecule has 6 nitrogen and oxygen atoms in total. The maximum Gasteiger partial charge on any atom is 0.228 e. The second-order valence-electron chi connectivity index (χ2n) is 4.37. The zero-order chi connectivity index (χ0) is 16.8. The molecule has 0 saturated carbocycles. The van der Waals surface area contributed by atoms with E-state index in [1.807, 2.05) is 0 Å². The van der Waals surface area contributed by atoms with Crippen LogP contribution in [0.2, 0.25) is 0 Å². The molecule has 120 valence electrons. The summed E-state index contributed by atoms with van der Waals surface area (Å²) in [6, 6.07) is 8.46. The van der Waals surface area contributed by atoms with Crippen molar-refractivity contribution in [1.29, 1.82) is 0 Å². The Bertz CT molecular complexity index is 735. The van der Waals surface area contributed by atoms with Crippen molar-refractivity contribution in [2.75, 3.05) is 13.7 Å². The Labute approximate surface area is 140 Å². The van der Waals surface area contributed by atoms with Gasteiger partial charge in [0.2, 0.25) is 11.7 Å². The van der Waals surface area contributed by atoms with E-state index in [4.69, 9.17) is 15.3 Å². The first-order chi connectivity index (χ1) is 11.0. The monoisotopic (exact) mass is 381 g/mol. The molecule has 0 unspecified atom stereocenters. The van der Waals surface area contributed by atoms with Crippen molar-refractivity contribution in [2.45, 2.75) is 0 Å². The molecule has 2 N–H and O–H groups in total. The number of aromatic nitrogens is 1. The van der Waals surface area contributed by atoms with Gasteiger partial charge in [0.15, 0.2) is 12.4 Å². The van der Waals surface area contributed by atoms with Crippen molar-refractivity contribution in [3.05, 3.63) is 57.9 Å². The SMILES string of the molecule is COc1nc(/C(N)=N/OCC(=O)c2ccc(F)cc2)ccc1Br. The van der Waals surface area contributed by atoms with E-state index in [-0.39, 0.29) is 18.2 Å². The van der Waals surface area contributed by atoms with E-state index in [2.05, 4.69) is 26.1 Å². The lowest BCUT2D eigenvalue weighted by Crippen LogP contribution is -2.17. The average molecular weight is 382 g/mol. The second-order valence-corrected chi connectivity index (χ2v) is 5.22. The molecule has 2 aromatic rings. The van der Waals surface area contributed by atoms with Gasteiger partial charge in [-0.05, 0) is 52.3 Å². The minimum Gasteiger partial charge on any atom is -0.480 e. The van der Waals surface area contributed by atoms with Crippen LogP contribution in [0.1, 0.15) is 16.1 Å². The van der Waals surface area contributed by atoms with Gasteiger partial charge in [0.05, 0.1) is 11.6 Å². The lowest BCUT2D eigenvalue weighted by molar-refractivity contribution is 0.0775. The normalized spacial score (nSPS) is 11.2. The van der Waals surface area contributed by atoms with E-state index >= 15 is 0 Å². The van der Waals surface area contributed by atoms with Gasteiger partial charge in [-0.3, -0.25) is 4.79 Å². The fourth-order valence-corrected chi connectivity index (χ4v) is 2.02. The van der Waals surface area contributed by atoms with E-state index in [0.717, 1.165) is 0 Å². The fraction of sp³-hybridized carbons (Fsp3) is 0.133. The molecule has 0 spiro atoms. The number of carbonyl (C=O) groups is 1. The molecular formula is C15H13BrFN3O3. The number of nitrogens with zero attached hydrogens (tertiary/aromatic N) is 2. The highest BCUT2D eigenvalue weighted by Crippen LogP contribution is 2.21. The summed E-state index contributed by atoms with van der Waals surface area (Å²) >= 11 is 3.27. The zero-order valence-electron chi connectivity index (χ0n) is 12.1. The van der Waals surface area contributed by atoms with Gasteiger partial charge in [0.25, 0.3) is 0 Å². The molecule has 0 aliphatic rings. The molecule has 1 aromatic heterocycles. The Hall–Kier alpha value is -2.48. The van der Waals surface area contributed by atoms with Crippen molar-refractivity contribution in [3.8, 4) is 5.88 Å². The van der Waals surface area contributed by atoms with Crippen LogP contribution in [0.25, 0.3) is 0 Å². The summed E-state index contributed by atoms with van der Waals surface area (Å²) in [6.07, 6.45) is 0. The van der Waals surface area contributed by atoms with E-state index in [1.165, 1.54) is 31.4 Å². The Morgan fingerprint density at radius 1 is 1.30 bits per heavy atom. The van der Waals surface area contributed by atoms with Crippen LogP contribution in [0.15, 0.2) is 46.0 Å². The number of methoxy groups -OCH3 is 1. The second kappa shape index (κ2) is 7.68. The fourth-order valence-electron chi connectivity index (χ4n) is 1.64. The number of benzene rings is 1. The van der Waals surface area contributed by atoms with Gasteiger partial charge < -0.3 is 15.3 Å². The number of ether oxygens (including phenoxy) is 1. The van der Waals surface area contributed by atoms with Crippen LogP contribution >= 0.6 is 15.9 Å². The summed E-state index contributed by atoms with van der Waals surface area (Å²) in [6.45, 7) is -0.319. The van der Waals surface area contributed by atoms with E-state index < -0.39 is 5.82 Å². The molecule has 1 aromatic carbocycles. The van der Waals surface area contributed by atoms with Gasteiger partial charge in [-0.15, -0.1) is 0 Å². The van der Waals surface area contributed by atoms with Crippen LogP contribution in [0.3, 0.4) is 0 Å². The van der Waals surface area contributed by atoms with Crippen molar-refractivity contribution in [1.82, 2.24) is 4.98 Å². The van der Waals surface area contributed by atoms with E-state index in [1.54, 1.807) is 12.1 Å². The number of Topliss-reactive ketones (excluding diaryl/α,β-unsaturated/α-hetero) is 1. The van der Waals surface area contributed by atoms with Gasteiger partial charge >= 0.3 is 0 Å². The van der Waals surface area contributed by atoms with Crippen LogP contribution in [0.4, 0.5) is 4.39 Å². The third-order valence-electron chi connectivity index (χ3n) is 2.79. The quantitative estimate of drug-likeness (QED) is 0.359. The maximum atomic E-state index is 12.8. The summed E-state index contributed by atoms with van der Waals surface area (Å²) in [7, 11) is 1.47. The topological polar surface area (TPSA) is 86.8 Å². The van der Waals surface area contributed by atoms with Gasteiger partial charge in [-0.1, -0.05) is 5.16 Å². The minimum absolute atomic E-state index is 0.00251. The Morgan fingerprint density at radius 3 is 2.65 bits per heavy atom. The number of rotatable bonds is 6. The first-order valence-electron chi connectivity index (χ1n) is 6.46. The summed E-state index contributed by atoms with van der Waals surface area (Å²) in [5, 5.41) is 3.65. The number of carbonyl (C=O) groups excluding carboxylic acids is 1. The smallest absolute Gasteiger partial charge is 0.228 e. The molecule has 0 saturated heterocycles. The maximum absolute atomic E-state index is 12.8. The van der Waals surface area contributed by atoms with Crippen molar-refractivity contribution in [3.63, 3.8) is 0 Å². The number of oxime groups is 1. The highest BCUT2D eigenvalue weighted by atomic mass is 79.9. The molecule has 8 heteroatoms. The lowest BCUT2D eigenvalue weighted by atomic mass is 10.1. The van der Waals surface area contributed by atoms with Gasteiger partial charge in [-0.25, -0.2) is 9.37 Å². The largest absolute Gasteiger partial charge is 0.480 e. The first kappa shape index (κ1) is 16.9. The molecule has 23 heavy (non-hydrogen) atoms. The van der Waals surface area contributed by atoms with Gasteiger partial charge in [-0.2, -0.15) is 0 Å². The Kier molecular flexibility index (Phi) is 5.64. The number of ketones is 1. The summed E-state index contributed by atoms with van der Waals surface area (Å²) in [5.74, 6) is -0.409. The average Bonchev–Trinajstić information content (AvgIpc) is 2.55. The number of nitrogens with two attached hydrogens (primary N) is 1. The number of halogens is 2. The molecule has 0 radical (unpaired) electrons. The highest BCUT2D eigenvalue weighted by Gasteiger charge is 2.09. The lowest BCUT2D eigenvalue weighted by Gasteiger charge is -2.05. The standard InChI is InChI=1S/C15H13BrFN3O3/c1-22-15-11(16)6-7-12(19-15)14(18)20-23-8-13(21)9-2-4-10(17)5-3-9/h2-7H,8H2,1H3,(H2,18,20). The van der Waals surface area contributed by atoms with E-state index in [0.29, 0.717) is 21.6 Å². The molecule has 1 heterocycles. The van der Waals surface area contributed by atoms with Crippen molar-refractivity contribution >= 4 is 27.5 Å². The Balaban J connectivity index is 1.99. The highest BCUT2D eigenvalue weighted by molar-refractivity contribution is 9.10. The first-order valence-corrected chi connectivity index (χ1v) is 7.25. The summed E-state index contributed by atoms with van der Waals surface area (Å²) in [5.41, 5.74) is 6.41. The summed E-state index contributed by atoms with van der Waals surface area (Å²) in [4.78, 5) is 20.9. The van der Waals surface area contributed by atoms with Crippen LogP contribution in [-0.4, -0.2) is 30.3 Å². The molecule has 0 aliphatic carbocycles. The predicted octanol–water partition coefficient (Wildman–Crippen LogP) is 2.51. The molecule has 0 atom stereocenters. The van der Waals surface area contributed by atoms with E-state index in [9.17, 15) is 9.18 Å². The molecule has 0 fully saturated rings. The zero-order valence-corrected chi connectivity index (χ0v) is 13.7. The van der Waals surface area contributed by atoms with Crippen molar-refractivity contribution < 1.29 is 18.8 Å². The molecule has 0 aliphatic heterocycles. The minimum atomic E-state index is -0.417. The van der Waals surface area contributed by atoms with Crippen LogP contribution in [-0.2, 0) is 4.84 Å².